The second-order valence-corrected chi connectivity index (χ2v) is 6.95. The molecule has 0 aliphatic heterocycles. The van der Waals surface area contributed by atoms with Crippen LogP contribution in [0.1, 0.15) is 20.8 Å². The maximum atomic E-state index is 12.6. The molecule has 0 aliphatic carbocycles. The van der Waals surface area contributed by atoms with Gasteiger partial charge in [-0.05, 0) is 5.41 Å². The molecule has 0 fully saturated rings. The fraction of sp³-hybridized carbons (Fsp3) is 0.533. The molecule has 1 atom stereocenters. The van der Waals surface area contributed by atoms with Gasteiger partial charge >= 0.3 is 0 Å². The Morgan fingerprint density at radius 3 is 2.30 bits per heavy atom. The lowest BCUT2D eigenvalue weighted by atomic mass is 9.91. The van der Waals surface area contributed by atoms with Gasteiger partial charge in [0.1, 0.15) is 0 Å². The molecule has 1 amide bonds. The van der Waals surface area contributed by atoms with E-state index in [1.807, 2.05) is 20.8 Å². The molecule has 23 heavy (non-hydrogen) atoms. The first-order valence-corrected chi connectivity index (χ1v) is 7.91. The summed E-state index contributed by atoms with van der Waals surface area (Å²) in [4.78, 5) is 21.1. The molecule has 8 heteroatoms. The second kappa shape index (κ2) is 8.16. The highest BCUT2D eigenvalue weighted by Gasteiger charge is 2.35. The Hall–Kier alpha value is -1.80. The predicted octanol–water partition coefficient (Wildman–Crippen LogP) is 1.89. The van der Waals surface area contributed by atoms with E-state index in [1.165, 1.54) is 26.0 Å². The summed E-state index contributed by atoms with van der Waals surface area (Å²) in [5, 5.41) is 1.07. The maximum Gasteiger partial charge on any atom is 0.250 e. The number of carbonyl (C=O) groups is 1. The van der Waals surface area contributed by atoms with Crippen LogP contribution in [0.2, 0.25) is 0 Å². The lowest BCUT2D eigenvalue weighted by Gasteiger charge is -2.31. The molecule has 0 spiro atoms. The number of hydrazine groups is 1. The summed E-state index contributed by atoms with van der Waals surface area (Å²) in [6.07, 6.45) is 1.58. The molecule has 0 saturated heterocycles. The Bertz CT molecular complexity index is 538. The zero-order valence-electron chi connectivity index (χ0n) is 14.2. The molecule has 1 aromatic heterocycles. The Balaban J connectivity index is 3.11. The molecule has 1 heterocycles. The highest BCUT2D eigenvalue weighted by Crippen LogP contribution is 2.36. The van der Waals surface area contributed by atoms with Crippen LogP contribution in [0.15, 0.2) is 23.9 Å². The topological polar surface area (TPSA) is 90.6 Å². The van der Waals surface area contributed by atoms with E-state index in [0.29, 0.717) is 16.9 Å². The van der Waals surface area contributed by atoms with Crippen LogP contribution in [0, 0.1) is 5.41 Å². The van der Waals surface area contributed by atoms with Crippen molar-refractivity contribution >= 4 is 17.7 Å². The van der Waals surface area contributed by atoms with Gasteiger partial charge in [-0.3, -0.25) is 9.80 Å². The Kier molecular flexibility index (Phi) is 6.83. The summed E-state index contributed by atoms with van der Waals surface area (Å²) in [6, 6.07) is 1.57. The SMILES string of the molecule is C=CCN(N)C(=O)C(Sc1nc(OC)cc(OC)n1)C(C)(C)C. The van der Waals surface area contributed by atoms with Crippen molar-refractivity contribution in [2.24, 2.45) is 11.3 Å². The largest absolute Gasteiger partial charge is 0.481 e. The van der Waals surface area contributed by atoms with Crippen LogP contribution in [0.5, 0.6) is 11.8 Å². The molecule has 0 bridgehead atoms. The van der Waals surface area contributed by atoms with E-state index in [9.17, 15) is 4.79 Å². The van der Waals surface area contributed by atoms with E-state index in [-0.39, 0.29) is 17.9 Å². The first kappa shape index (κ1) is 19.2. The number of aromatic nitrogens is 2. The van der Waals surface area contributed by atoms with Crippen LogP contribution in [-0.2, 0) is 4.79 Å². The van der Waals surface area contributed by atoms with Gasteiger partial charge in [0.15, 0.2) is 5.16 Å². The van der Waals surface area contributed by atoms with E-state index in [4.69, 9.17) is 15.3 Å². The van der Waals surface area contributed by atoms with Crippen molar-refractivity contribution < 1.29 is 14.3 Å². The van der Waals surface area contributed by atoms with Crippen molar-refractivity contribution in [1.82, 2.24) is 15.0 Å². The quantitative estimate of drug-likeness (QED) is 0.202. The van der Waals surface area contributed by atoms with Crippen molar-refractivity contribution in [2.45, 2.75) is 31.2 Å². The monoisotopic (exact) mass is 340 g/mol. The minimum atomic E-state index is -0.468. The number of carbonyl (C=O) groups excluding carboxylic acids is 1. The van der Waals surface area contributed by atoms with Gasteiger partial charge in [-0.25, -0.2) is 5.84 Å². The molecule has 1 rings (SSSR count). The maximum absolute atomic E-state index is 12.6. The Morgan fingerprint density at radius 2 is 1.91 bits per heavy atom. The normalized spacial score (nSPS) is 12.4. The predicted molar refractivity (Wildman–Crippen MR) is 90.3 cm³/mol. The molecule has 2 N–H and O–H groups in total. The Morgan fingerprint density at radius 1 is 1.39 bits per heavy atom. The van der Waals surface area contributed by atoms with Crippen molar-refractivity contribution in [2.75, 3.05) is 20.8 Å². The van der Waals surface area contributed by atoms with Crippen LogP contribution in [0.25, 0.3) is 0 Å². The van der Waals surface area contributed by atoms with Gasteiger partial charge in [0.05, 0.1) is 32.1 Å². The number of ether oxygens (including phenoxy) is 2. The van der Waals surface area contributed by atoms with E-state index < -0.39 is 5.25 Å². The first-order chi connectivity index (χ1) is 10.7. The van der Waals surface area contributed by atoms with Crippen LogP contribution >= 0.6 is 11.8 Å². The number of nitrogens with two attached hydrogens (primary N) is 1. The number of hydrogen-bond donors (Lipinski definition) is 1. The third kappa shape index (κ3) is 5.40. The molecular formula is C15H24N4O3S. The van der Waals surface area contributed by atoms with Crippen molar-refractivity contribution in [3.63, 3.8) is 0 Å². The van der Waals surface area contributed by atoms with E-state index >= 15 is 0 Å². The van der Waals surface area contributed by atoms with Crippen LogP contribution in [0.3, 0.4) is 0 Å². The van der Waals surface area contributed by atoms with E-state index in [0.717, 1.165) is 5.01 Å². The molecule has 1 unspecified atom stereocenters. The minimum Gasteiger partial charge on any atom is -0.481 e. The molecule has 7 nitrogen and oxygen atoms in total. The molecule has 128 valence electrons. The van der Waals surface area contributed by atoms with Gasteiger partial charge in [-0.15, -0.1) is 6.58 Å². The summed E-state index contributed by atoms with van der Waals surface area (Å²) in [5.41, 5.74) is -0.347. The fourth-order valence-corrected chi connectivity index (χ4v) is 2.81. The summed E-state index contributed by atoms with van der Waals surface area (Å²) in [6.45, 7) is 9.75. The number of amides is 1. The van der Waals surface area contributed by atoms with Gasteiger partial charge in [0, 0.05) is 0 Å². The third-order valence-electron chi connectivity index (χ3n) is 2.92. The number of thioether (sulfide) groups is 1. The summed E-state index contributed by atoms with van der Waals surface area (Å²) in [5.74, 6) is 6.33. The summed E-state index contributed by atoms with van der Waals surface area (Å²) in [7, 11) is 3.02. The standard InChI is InChI=1S/C15H24N4O3S/c1-7-8-19(16)13(20)12(15(2,3)4)23-14-17-10(21-5)9-11(18-14)22-6/h7,9,12H,1,8,16H2,2-6H3. The summed E-state index contributed by atoms with van der Waals surface area (Å²) < 4.78 is 10.3. The first-order valence-electron chi connectivity index (χ1n) is 7.03. The minimum absolute atomic E-state index is 0.215. The molecule has 0 aromatic carbocycles. The van der Waals surface area contributed by atoms with Gasteiger partial charge in [-0.2, -0.15) is 9.97 Å². The van der Waals surface area contributed by atoms with Crippen molar-refractivity contribution in [3.05, 3.63) is 18.7 Å². The van der Waals surface area contributed by atoms with Gasteiger partial charge in [0.2, 0.25) is 11.8 Å². The molecule has 0 saturated carbocycles. The molecule has 0 aliphatic rings. The van der Waals surface area contributed by atoms with Crippen LogP contribution in [0.4, 0.5) is 0 Å². The third-order valence-corrected chi connectivity index (χ3v) is 4.46. The second-order valence-electron chi connectivity index (χ2n) is 5.88. The zero-order chi connectivity index (χ0) is 17.6. The average Bonchev–Trinajstić information content (AvgIpc) is 2.50. The van der Waals surface area contributed by atoms with Gasteiger partial charge in [0.25, 0.3) is 5.91 Å². The number of nitrogens with zero attached hydrogens (tertiary/aromatic N) is 3. The zero-order valence-corrected chi connectivity index (χ0v) is 15.0. The smallest absolute Gasteiger partial charge is 0.250 e. The molecule has 0 radical (unpaired) electrons. The fourth-order valence-electron chi connectivity index (χ4n) is 1.73. The van der Waals surface area contributed by atoms with E-state index in [2.05, 4.69) is 16.5 Å². The molecule has 1 aromatic rings. The van der Waals surface area contributed by atoms with E-state index in [1.54, 1.807) is 12.1 Å². The average molecular weight is 340 g/mol. The van der Waals surface area contributed by atoms with Crippen LogP contribution in [-0.4, -0.2) is 46.9 Å². The lowest BCUT2D eigenvalue weighted by molar-refractivity contribution is -0.132. The summed E-state index contributed by atoms with van der Waals surface area (Å²) >= 11 is 1.23. The number of methoxy groups -OCH3 is 2. The Labute approximate surface area is 141 Å². The number of hydrogen-bond acceptors (Lipinski definition) is 7. The van der Waals surface area contributed by atoms with Crippen molar-refractivity contribution in [3.8, 4) is 11.8 Å². The van der Waals surface area contributed by atoms with Gasteiger partial charge in [-0.1, -0.05) is 38.6 Å². The lowest BCUT2D eigenvalue weighted by Crippen LogP contribution is -2.47. The molecular weight excluding hydrogens is 316 g/mol. The van der Waals surface area contributed by atoms with Crippen molar-refractivity contribution in [1.29, 1.82) is 0 Å². The van der Waals surface area contributed by atoms with Crippen LogP contribution < -0.4 is 15.3 Å². The highest BCUT2D eigenvalue weighted by atomic mass is 32.2. The number of rotatable bonds is 7. The highest BCUT2D eigenvalue weighted by molar-refractivity contribution is 8.00. The van der Waals surface area contributed by atoms with Gasteiger partial charge < -0.3 is 9.47 Å².